The van der Waals surface area contributed by atoms with Gasteiger partial charge in [0.05, 0.1) is 12.1 Å². The summed E-state index contributed by atoms with van der Waals surface area (Å²) < 4.78 is 24.5. The molecule has 0 aliphatic rings. The highest BCUT2D eigenvalue weighted by atomic mass is 127. The molecule has 0 saturated heterocycles. The third-order valence-electron chi connectivity index (χ3n) is 3.85. The first-order valence-electron chi connectivity index (χ1n) is 8.88. The molecule has 0 aliphatic heterocycles. The second-order valence-corrected chi connectivity index (χ2v) is 6.54. The molecule has 0 bridgehead atoms. The van der Waals surface area contributed by atoms with Crippen LogP contribution in [0.2, 0.25) is 0 Å². The Morgan fingerprint density at radius 2 is 2.00 bits per heavy atom. The van der Waals surface area contributed by atoms with Crippen LogP contribution in [-0.4, -0.2) is 36.7 Å². The number of benzene rings is 1. The average molecular weight is 502 g/mol. The number of aliphatic imine (C=N–C) groups is 1. The zero-order valence-corrected chi connectivity index (χ0v) is 19.0. The van der Waals surface area contributed by atoms with Crippen molar-refractivity contribution in [2.24, 2.45) is 4.99 Å². The molecule has 154 valence electrons. The van der Waals surface area contributed by atoms with Crippen LogP contribution in [-0.2, 0) is 11.3 Å². The van der Waals surface area contributed by atoms with E-state index in [0.29, 0.717) is 30.7 Å². The van der Waals surface area contributed by atoms with Gasteiger partial charge < -0.3 is 20.1 Å². The second kappa shape index (κ2) is 11.8. The van der Waals surface area contributed by atoms with Crippen molar-refractivity contribution >= 4 is 29.9 Å². The summed E-state index contributed by atoms with van der Waals surface area (Å²) in [5.74, 6) is 1.11. The van der Waals surface area contributed by atoms with E-state index < -0.39 is 0 Å². The summed E-state index contributed by atoms with van der Waals surface area (Å²) in [4.78, 5) is 8.84. The van der Waals surface area contributed by atoms with Gasteiger partial charge in [0.15, 0.2) is 5.96 Å². The molecule has 28 heavy (non-hydrogen) atoms. The molecule has 0 fully saturated rings. The number of hydrogen-bond acceptors (Lipinski definition) is 4. The van der Waals surface area contributed by atoms with Gasteiger partial charge >= 0.3 is 0 Å². The average Bonchev–Trinajstić information content (AvgIpc) is 2.65. The summed E-state index contributed by atoms with van der Waals surface area (Å²) >= 11 is 0. The van der Waals surface area contributed by atoms with Crippen molar-refractivity contribution in [2.75, 3.05) is 20.2 Å². The molecule has 1 aromatic heterocycles. The van der Waals surface area contributed by atoms with Crippen LogP contribution in [0, 0.1) is 5.82 Å². The van der Waals surface area contributed by atoms with Gasteiger partial charge in [-0.1, -0.05) is 12.1 Å². The van der Waals surface area contributed by atoms with Crippen molar-refractivity contribution < 1.29 is 13.9 Å². The van der Waals surface area contributed by atoms with Crippen LogP contribution in [0.4, 0.5) is 4.39 Å². The zero-order valence-electron chi connectivity index (χ0n) is 16.7. The van der Waals surface area contributed by atoms with Gasteiger partial charge in [0, 0.05) is 38.0 Å². The van der Waals surface area contributed by atoms with Gasteiger partial charge in [-0.15, -0.1) is 24.0 Å². The molecule has 6 nitrogen and oxygen atoms in total. The zero-order chi connectivity index (χ0) is 19.7. The maximum Gasteiger partial charge on any atom is 0.224 e. The minimum atomic E-state index is -0.359. The smallest absolute Gasteiger partial charge is 0.224 e. The third kappa shape index (κ3) is 7.97. The lowest BCUT2D eigenvalue weighted by Gasteiger charge is -2.24. The maximum absolute atomic E-state index is 13.4. The Kier molecular flexibility index (Phi) is 10.2. The van der Waals surface area contributed by atoms with E-state index in [4.69, 9.17) is 9.47 Å². The van der Waals surface area contributed by atoms with Gasteiger partial charge in [-0.2, -0.15) is 0 Å². The lowest BCUT2D eigenvalue weighted by molar-refractivity contribution is 0.0268. The van der Waals surface area contributed by atoms with Crippen molar-refractivity contribution in [2.45, 2.75) is 32.9 Å². The van der Waals surface area contributed by atoms with Gasteiger partial charge in [-0.3, -0.25) is 0 Å². The Hall–Kier alpha value is -1.94. The molecule has 1 heterocycles. The predicted molar refractivity (Wildman–Crippen MR) is 120 cm³/mol. The number of halogens is 2. The fourth-order valence-electron chi connectivity index (χ4n) is 2.15. The van der Waals surface area contributed by atoms with Gasteiger partial charge in [-0.05, 0) is 39.0 Å². The van der Waals surface area contributed by atoms with E-state index in [1.165, 1.54) is 12.1 Å². The van der Waals surface area contributed by atoms with Gasteiger partial charge in [0.1, 0.15) is 11.6 Å². The highest BCUT2D eigenvalue weighted by Gasteiger charge is 2.16. The van der Waals surface area contributed by atoms with Crippen molar-refractivity contribution in [1.82, 2.24) is 15.6 Å². The summed E-state index contributed by atoms with van der Waals surface area (Å²) in [5.41, 5.74) is 0.487. The Balaban J connectivity index is 0.00000392. The first-order valence-corrected chi connectivity index (χ1v) is 8.88. The molecule has 2 rings (SSSR count). The molecule has 0 spiro atoms. The van der Waals surface area contributed by atoms with Gasteiger partial charge in [-0.25, -0.2) is 14.4 Å². The number of rotatable bonds is 8. The number of nitrogens with zero attached hydrogens (tertiary/aromatic N) is 2. The number of aromatic nitrogens is 1. The van der Waals surface area contributed by atoms with Gasteiger partial charge in [0.25, 0.3) is 0 Å². The molecule has 0 radical (unpaired) electrons. The summed E-state index contributed by atoms with van der Waals surface area (Å²) in [7, 11) is 1.68. The lowest BCUT2D eigenvalue weighted by atomic mass is 10.1. The van der Waals surface area contributed by atoms with Crippen LogP contribution in [0.3, 0.4) is 0 Å². The maximum atomic E-state index is 13.4. The molecule has 2 aromatic rings. The van der Waals surface area contributed by atoms with Crippen molar-refractivity contribution in [3.8, 4) is 11.6 Å². The molecule has 8 heteroatoms. The summed E-state index contributed by atoms with van der Waals surface area (Å²) in [6.07, 6.45) is 1.63. The van der Waals surface area contributed by atoms with Crippen LogP contribution in [0.5, 0.6) is 11.6 Å². The Morgan fingerprint density at radius 1 is 1.21 bits per heavy atom. The van der Waals surface area contributed by atoms with E-state index in [-0.39, 0.29) is 35.4 Å². The minimum Gasteiger partial charge on any atom is -0.439 e. The molecular weight excluding hydrogens is 474 g/mol. The lowest BCUT2D eigenvalue weighted by Crippen LogP contribution is -2.45. The monoisotopic (exact) mass is 502 g/mol. The van der Waals surface area contributed by atoms with Crippen LogP contribution in [0.1, 0.15) is 26.3 Å². The molecule has 0 saturated carbocycles. The number of ether oxygens (including phenoxy) is 2. The molecule has 1 aromatic carbocycles. The van der Waals surface area contributed by atoms with Crippen LogP contribution in [0.15, 0.2) is 47.6 Å². The summed E-state index contributed by atoms with van der Waals surface area (Å²) in [6, 6.07) is 9.66. The van der Waals surface area contributed by atoms with Gasteiger partial charge in [0.2, 0.25) is 5.88 Å². The number of guanidine groups is 1. The standard InChI is InChI=1S/C20H27FN4O2.HI/c1-5-22-19(25-14-20(2,3)26-4)24-13-15-8-7-11-23-18(15)27-17-10-6-9-16(21)12-17;/h6-12H,5,13-14H2,1-4H3,(H2,22,24,25);1H. The number of methoxy groups -OCH3 is 1. The van der Waals surface area contributed by atoms with Crippen molar-refractivity contribution in [3.63, 3.8) is 0 Å². The fourth-order valence-corrected chi connectivity index (χ4v) is 2.15. The molecule has 0 atom stereocenters. The molecule has 0 amide bonds. The summed E-state index contributed by atoms with van der Waals surface area (Å²) in [6.45, 7) is 7.70. The quantitative estimate of drug-likeness (QED) is 0.323. The predicted octanol–water partition coefficient (Wildman–Crippen LogP) is 4.11. The second-order valence-electron chi connectivity index (χ2n) is 6.54. The van der Waals surface area contributed by atoms with E-state index in [1.54, 1.807) is 25.4 Å². The molecule has 0 unspecified atom stereocenters. The van der Waals surface area contributed by atoms with Crippen LogP contribution in [0.25, 0.3) is 0 Å². The van der Waals surface area contributed by atoms with Crippen molar-refractivity contribution in [3.05, 3.63) is 54.0 Å². The largest absolute Gasteiger partial charge is 0.439 e. The summed E-state index contributed by atoms with van der Waals surface area (Å²) in [5, 5.41) is 6.46. The molecule has 0 aliphatic carbocycles. The SMILES string of the molecule is CCNC(=NCc1cccnc1Oc1cccc(F)c1)NCC(C)(C)OC.I. The van der Waals surface area contributed by atoms with Crippen LogP contribution < -0.4 is 15.4 Å². The Bertz CT molecular complexity index is 771. The number of nitrogens with one attached hydrogen (secondary N) is 2. The highest BCUT2D eigenvalue weighted by molar-refractivity contribution is 14.0. The first kappa shape index (κ1) is 24.1. The third-order valence-corrected chi connectivity index (χ3v) is 3.85. The number of pyridine rings is 1. The highest BCUT2D eigenvalue weighted by Crippen LogP contribution is 2.23. The Labute approximate surface area is 183 Å². The molecule has 2 N–H and O–H groups in total. The van der Waals surface area contributed by atoms with E-state index in [2.05, 4.69) is 20.6 Å². The van der Waals surface area contributed by atoms with E-state index >= 15 is 0 Å². The fraction of sp³-hybridized carbons (Fsp3) is 0.400. The molecular formula is C20H28FIN4O2. The van der Waals surface area contributed by atoms with E-state index in [1.807, 2.05) is 32.9 Å². The van der Waals surface area contributed by atoms with E-state index in [0.717, 1.165) is 12.1 Å². The topological polar surface area (TPSA) is 67.8 Å². The van der Waals surface area contributed by atoms with Crippen molar-refractivity contribution in [1.29, 1.82) is 0 Å². The number of hydrogen-bond donors (Lipinski definition) is 2. The minimum absolute atomic E-state index is 0. The normalized spacial score (nSPS) is 11.5. The van der Waals surface area contributed by atoms with Crippen LogP contribution >= 0.6 is 24.0 Å². The van der Waals surface area contributed by atoms with E-state index in [9.17, 15) is 4.39 Å². The first-order chi connectivity index (χ1) is 12.9. The Morgan fingerprint density at radius 3 is 2.68 bits per heavy atom.